The smallest absolute Gasteiger partial charge is 0.335 e. The summed E-state index contributed by atoms with van der Waals surface area (Å²) < 4.78 is 27.3. The molecule has 1 fully saturated rings. The third-order valence-electron chi connectivity index (χ3n) is 4.14. The van der Waals surface area contributed by atoms with Gasteiger partial charge in [0.05, 0.1) is 11.3 Å². The molecule has 0 heterocycles. The first-order chi connectivity index (χ1) is 9.70. The highest BCUT2D eigenvalue weighted by molar-refractivity contribution is 7.88. The summed E-state index contributed by atoms with van der Waals surface area (Å²) in [7, 11) is -3.42. The van der Waals surface area contributed by atoms with Crippen LogP contribution in [-0.2, 0) is 15.8 Å². The van der Waals surface area contributed by atoms with Crippen molar-refractivity contribution in [2.75, 3.05) is 0 Å². The van der Waals surface area contributed by atoms with Crippen molar-refractivity contribution < 1.29 is 18.3 Å². The fourth-order valence-corrected chi connectivity index (χ4v) is 4.35. The number of carboxylic acids is 1. The van der Waals surface area contributed by atoms with Crippen LogP contribution in [0, 0.1) is 5.41 Å². The van der Waals surface area contributed by atoms with E-state index in [0.717, 1.165) is 19.3 Å². The van der Waals surface area contributed by atoms with Gasteiger partial charge >= 0.3 is 5.97 Å². The summed E-state index contributed by atoms with van der Waals surface area (Å²) >= 11 is 0. The first kappa shape index (κ1) is 16.0. The van der Waals surface area contributed by atoms with Crippen LogP contribution in [0.4, 0.5) is 0 Å². The van der Waals surface area contributed by atoms with E-state index in [4.69, 9.17) is 5.11 Å². The van der Waals surface area contributed by atoms with Crippen LogP contribution in [0.3, 0.4) is 0 Å². The number of aromatic carboxylic acids is 1. The topological polar surface area (TPSA) is 83.5 Å². The van der Waals surface area contributed by atoms with E-state index in [0.29, 0.717) is 5.56 Å². The molecule has 1 aliphatic carbocycles. The molecule has 6 heteroatoms. The molecule has 1 aromatic rings. The number of carboxylic acid groups (broad SMARTS) is 1. The maximum Gasteiger partial charge on any atom is 0.335 e. The number of hydrogen-bond donors (Lipinski definition) is 2. The maximum atomic E-state index is 12.2. The van der Waals surface area contributed by atoms with Gasteiger partial charge in [-0.2, -0.15) is 0 Å². The van der Waals surface area contributed by atoms with Crippen LogP contribution in [0.5, 0.6) is 0 Å². The Bertz CT molecular complexity index is 620. The zero-order valence-electron chi connectivity index (χ0n) is 12.3. The Labute approximate surface area is 125 Å². The Morgan fingerprint density at radius 3 is 2.43 bits per heavy atom. The average molecular weight is 311 g/mol. The van der Waals surface area contributed by atoms with Crippen molar-refractivity contribution in [2.24, 2.45) is 5.41 Å². The summed E-state index contributed by atoms with van der Waals surface area (Å²) in [6, 6.07) is 5.91. The first-order valence-electron chi connectivity index (χ1n) is 7.02. The van der Waals surface area contributed by atoms with Crippen molar-refractivity contribution in [1.82, 2.24) is 4.72 Å². The Balaban J connectivity index is 2.05. The molecule has 21 heavy (non-hydrogen) atoms. The zero-order chi connectivity index (χ0) is 15.7. The van der Waals surface area contributed by atoms with E-state index in [2.05, 4.69) is 18.6 Å². The van der Waals surface area contributed by atoms with Crippen molar-refractivity contribution >= 4 is 16.0 Å². The summed E-state index contributed by atoms with van der Waals surface area (Å²) in [6.45, 7) is 4.16. The van der Waals surface area contributed by atoms with Crippen molar-refractivity contribution in [3.63, 3.8) is 0 Å². The normalized spacial score (nSPS) is 21.3. The molecule has 0 spiro atoms. The second-order valence-corrected chi connectivity index (χ2v) is 8.07. The molecule has 1 aliphatic rings. The van der Waals surface area contributed by atoms with Gasteiger partial charge in [-0.1, -0.05) is 32.4 Å². The molecule has 2 rings (SSSR count). The summed E-state index contributed by atoms with van der Waals surface area (Å²) in [4.78, 5) is 10.8. The van der Waals surface area contributed by atoms with Crippen molar-refractivity contribution in [3.8, 4) is 0 Å². The lowest BCUT2D eigenvalue weighted by atomic mass is 9.88. The summed E-state index contributed by atoms with van der Waals surface area (Å²) in [5.74, 6) is -1.14. The third kappa shape index (κ3) is 4.04. The number of carbonyl (C=O) groups is 1. The molecule has 5 nitrogen and oxygen atoms in total. The second kappa shape index (κ2) is 5.77. The number of hydrogen-bond acceptors (Lipinski definition) is 3. The monoisotopic (exact) mass is 311 g/mol. The lowest BCUT2D eigenvalue weighted by Crippen LogP contribution is -2.41. The minimum Gasteiger partial charge on any atom is -0.478 e. The van der Waals surface area contributed by atoms with Crippen LogP contribution in [0.25, 0.3) is 0 Å². The molecule has 0 aromatic heterocycles. The third-order valence-corrected chi connectivity index (χ3v) is 5.49. The molecular formula is C15H21NO4S. The van der Waals surface area contributed by atoms with Gasteiger partial charge in [-0.25, -0.2) is 17.9 Å². The SMILES string of the molecule is CC1(C)CCCC1NS(=O)(=O)Cc1ccc(C(=O)O)cc1. The van der Waals surface area contributed by atoms with E-state index in [-0.39, 0.29) is 22.8 Å². The average Bonchev–Trinajstić information content (AvgIpc) is 2.68. The molecule has 0 aliphatic heterocycles. The van der Waals surface area contributed by atoms with Gasteiger partial charge in [0, 0.05) is 6.04 Å². The molecule has 1 unspecified atom stereocenters. The Kier molecular flexibility index (Phi) is 4.39. The predicted molar refractivity (Wildman–Crippen MR) is 80.6 cm³/mol. The molecule has 116 valence electrons. The quantitative estimate of drug-likeness (QED) is 0.874. The van der Waals surface area contributed by atoms with Crippen LogP contribution in [0.1, 0.15) is 49.0 Å². The number of sulfonamides is 1. The van der Waals surface area contributed by atoms with Gasteiger partial charge in [-0.05, 0) is 36.0 Å². The van der Waals surface area contributed by atoms with E-state index in [9.17, 15) is 13.2 Å². The summed E-state index contributed by atoms with van der Waals surface area (Å²) in [6.07, 6.45) is 2.92. The summed E-state index contributed by atoms with van der Waals surface area (Å²) in [5, 5.41) is 8.83. The highest BCUT2D eigenvalue weighted by Gasteiger charge is 2.36. The molecule has 1 aromatic carbocycles. The number of nitrogens with one attached hydrogen (secondary N) is 1. The Morgan fingerprint density at radius 2 is 1.95 bits per heavy atom. The maximum absolute atomic E-state index is 12.2. The fraction of sp³-hybridized carbons (Fsp3) is 0.533. The Morgan fingerprint density at radius 1 is 1.33 bits per heavy atom. The van der Waals surface area contributed by atoms with E-state index in [1.165, 1.54) is 12.1 Å². The highest BCUT2D eigenvalue weighted by Crippen LogP contribution is 2.37. The van der Waals surface area contributed by atoms with E-state index in [1.54, 1.807) is 12.1 Å². The molecule has 0 saturated heterocycles. The number of benzene rings is 1. The molecular weight excluding hydrogens is 290 g/mol. The lowest BCUT2D eigenvalue weighted by molar-refractivity contribution is 0.0697. The van der Waals surface area contributed by atoms with E-state index < -0.39 is 16.0 Å². The Hall–Kier alpha value is -1.40. The predicted octanol–water partition coefficient (Wildman–Crippen LogP) is 2.38. The van der Waals surface area contributed by atoms with Crippen molar-refractivity contribution in [2.45, 2.75) is 44.9 Å². The van der Waals surface area contributed by atoms with Crippen LogP contribution in [0.2, 0.25) is 0 Å². The second-order valence-electron chi connectivity index (χ2n) is 6.31. The van der Waals surface area contributed by atoms with Crippen molar-refractivity contribution in [1.29, 1.82) is 0 Å². The molecule has 1 atom stereocenters. The highest BCUT2D eigenvalue weighted by atomic mass is 32.2. The zero-order valence-corrected chi connectivity index (χ0v) is 13.1. The fourth-order valence-electron chi connectivity index (χ4n) is 2.77. The van der Waals surface area contributed by atoms with Gasteiger partial charge in [0.1, 0.15) is 0 Å². The van der Waals surface area contributed by atoms with Crippen LogP contribution < -0.4 is 4.72 Å². The molecule has 0 amide bonds. The standard InChI is InChI=1S/C15H21NO4S/c1-15(2)9-3-4-13(15)16-21(19,20)10-11-5-7-12(8-6-11)14(17)18/h5-8,13,16H,3-4,9-10H2,1-2H3,(H,17,18). The molecule has 1 saturated carbocycles. The van der Waals surface area contributed by atoms with Gasteiger partial charge in [-0.15, -0.1) is 0 Å². The van der Waals surface area contributed by atoms with Gasteiger partial charge < -0.3 is 5.11 Å². The van der Waals surface area contributed by atoms with Crippen LogP contribution in [0.15, 0.2) is 24.3 Å². The number of rotatable bonds is 5. The van der Waals surface area contributed by atoms with Gasteiger partial charge in [0.15, 0.2) is 0 Å². The van der Waals surface area contributed by atoms with Crippen LogP contribution >= 0.6 is 0 Å². The van der Waals surface area contributed by atoms with Gasteiger partial charge in [-0.3, -0.25) is 0 Å². The largest absolute Gasteiger partial charge is 0.478 e. The molecule has 2 N–H and O–H groups in total. The van der Waals surface area contributed by atoms with Gasteiger partial charge in [0.2, 0.25) is 10.0 Å². The lowest BCUT2D eigenvalue weighted by Gasteiger charge is -2.27. The van der Waals surface area contributed by atoms with E-state index >= 15 is 0 Å². The minimum absolute atomic E-state index is 0.0137. The minimum atomic E-state index is -3.42. The van der Waals surface area contributed by atoms with Gasteiger partial charge in [0.25, 0.3) is 0 Å². The van der Waals surface area contributed by atoms with Crippen molar-refractivity contribution in [3.05, 3.63) is 35.4 Å². The summed E-state index contributed by atoms with van der Waals surface area (Å²) in [5.41, 5.74) is 0.726. The molecule has 0 bridgehead atoms. The first-order valence-corrected chi connectivity index (χ1v) is 8.67. The van der Waals surface area contributed by atoms with Crippen LogP contribution in [-0.4, -0.2) is 25.5 Å². The van der Waals surface area contributed by atoms with E-state index in [1.807, 2.05) is 0 Å². The molecule has 0 radical (unpaired) electrons.